The van der Waals surface area contributed by atoms with E-state index in [-0.39, 0.29) is 5.91 Å². The van der Waals surface area contributed by atoms with E-state index in [2.05, 4.69) is 87.8 Å². The predicted molar refractivity (Wildman–Crippen MR) is 151 cm³/mol. The van der Waals surface area contributed by atoms with E-state index < -0.39 is 0 Å². The number of nitrogens with one attached hydrogen (secondary N) is 1. The molecule has 4 aromatic rings. The molecular formula is C28H32N5OS2+. The number of hydrogen-bond acceptors (Lipinski definition) is 6. The molecule has 0 unspecified atom stereocenters. The third kappa shape index (κ3) is 6.73. The topological polar surface area (TPSA) is 74.7 Å². The standard InChI is InChI=1S/C28H31N5OS2/c1-4-5-6-21-15-24(22-9-14-35-18-22)25(16-23(21)17-30-12-13-33(2)3)31-27(34)26-19-36-28(32-26)20-7-10-29-11-8-20/h6-11,14-19,30H,4-5,12-13H2,1-3H3,(H,31,34)/p+1/b21-6+,23-17-. The van der Waals surface area contributed by atoms with Crippen molar-refractivity contribution >= 4 is 46.5 Å². The number of thiazole rings is 1. The SMILES string of the molecule is CCC/C=c1\cc(-c2ccsc2)c(NC(=O)c2csc(-c3ccncc3)n2)c\c1=C\[NH2+]CCN(C)C. The van der Waals surface area contributed by atoms with Crippen LogP contribution in [0.25, 0.3) is 34.0 Å². The average molecular weight is 519 g/mol. The first-order valence-electron chi connectivity index (χ1n) is 12.1. The van der Waals surface area contributed by atoms with Crippen molar-refractivity contribution in [2.24, 2.45) is 0 Å². The summed E-state index contributed by atoms with van der Waals surface area (Å²) in [4.78, 5) is 24.1. The van der Waals surface area contributed by atoms with Crippen LogP contribution in [0.15, 0.2) is 58.9 Å². The van der Waals surface area contributed by atoms with Gasteiger partial charge in [-0.1, -0.05) is 19.4 Å². The summed E-state index contributed by atoms with van der Waals surface area (Å²) in [6.45, 7) is 4.14. The Morgan fingerprint density at radius 3 is 2.67 bits per heavy atom. The van der Waals surface area contributed by atoms with Crippen LogP contribution in [-0.4, -0.2) is 48.0 Å². The lowest BCUT2D eigenvalue weighted by molar-refractivity contribution is -0.552. The molecule has 8 heteroatoms. The van der Waals surface area contributed by atoms with Gasteiger partial charge in [0.15, 0.2) is 0 Å². The van der Waals surface area contributed by atoms with E-state index in [1.165, 1.54) is 16.6 Å². The number of carbonyl (C=O) groups is 1. The number of unbranched alkanes of at least 4 members (excludes halogenated alkanes) is 1. The Morgan fingerprint density at radius 2 is 1.94 bits per heavy atom. The predicted octanol–water partition coefficient (Wildman–Crippen LogP) is 3.63. The van der Waals surface area contributed by atoms with Crippen molar-refractivity contribution in [2.45, 2.75) is 19.8 Å². The van der Waals surface area contributed by atoms with Crippen molar-refractivity contribution < 1.29 is 10.1 Å². The van der Waals surface area contributed by atoms with Gasteiger partial charge in [-0.15, -0.1) is 11.3 Å². The highest BCUT2D eigenvalue weighted by Gasteiger charge is 2.15. The molecule has 0 aliphatic heterocycles. The molecular weight excluding hydrogens is 486 g/mol. The monoisotopic (exact) mass is 518 g/mol. The summed E-state index contributed by atoms with van der Waals surface area (Å²) in [6, 6.07) is 10.2. The lowest BCUT2D eigenvalue weighted by atomic mass is 10.0. The van der Waals surface area contributed by atoms with E-state index in [0.717, 1.165) is 58.5 Å². The van der Waals surface area contributed by atoms with Crippen molar-refractivity contribution in [3.05, 3.63) is 75.0 Å². The fourth-order valence-corrected chi connectivity index (χ4v) is 5.21. The van der Waals surface area contributed by atoms with Crippen LogP contribution in [0.3, 0.4) is 0 Å². The minimum atomic E-state index is -0.212. The zero-order valence-corrected chi connectivity index (χ0v) is 22.5. The molecule has 0 bridgehead atoms. The number of likely N-dealkylation sites (N-methyl/N-ethyl adjacent to an activating group) is 1. The molecule has 1 amide bonds. The number of aromatic nitrogens is 2. The molecule has 6 nitrogen and oxygen atoms in total. The molecule has 0 aliphatic carbocycles. The van der Waals surface area contributed by atoms with Crippen molar-refractivity contribution in [1.29, 1.82) is 0 Å². The van der Waals surface area contributed by atoms with Crippen LogP contribution in [0.5, 0.6) is 0 Å². The van der Waals surface area contributed by atoms with E-state index in [0.29, 0.717) is 5.69 Å². The lowest BCUT2D eigenvalue weighted by Gasteiger charge is -2.11. The second-order valence-electron chi connectivity index (χ2n) is 8.75. The average Bonchev–Trinajstić information content (AvgIpc) is 3.59. The molecule has 0 atom stereocenters. The maximum atomic E-state index is 13.3. The molecule has 4 rings (SSSR count). The number of amides is 1. The molecule has 3 N–H and O–H groups in total. The molecule has 0 aliphatic rings. The summed E-state index contributed by atoms with van der Waals surface area (Å²) in [7, 11) is 4.16. The van der Waals surface area contributed by atoms with Gasteiger partial charge in [-0.05, 0) is 72.4 Å². The van der Waals surface area contributed by atoms with E-state index in [1.54, 1.807) is 29.1 Å². The largest absolute Gasteiger partial charge is 0.320 e. The van der Waals surface area contributed by atoms with Gasteiger partial charge in [0.25, 0.3) is 5.91 Å². The van der Waals surface area contributed by atoms with Crippen molar-refractivity contribution in [2.75, 3.05) is 32.5 Å². The fraction of sp³-hybridized carbons (Fsp3) is 0.250. The van der Waals surface area contributed by atoms with Gasteiger partial charge >= 0.3 is 0 Å². The number of rotatable bonds is 10. The summed E-state index contributed by atoms with van der Waals surface area (Å²) in [5, 5.41) is 14.4. The van der Waals surface area contributed by atoms with Gasteiger partial charge in [-0.3, -0.25) is 9.78 Å². The van der Waals surface area contributed by atoms with E-state index in [4.69, 9.17) is 0 Å². The molecule has 0 radical (unpaired) electrons. The van der Waals surface area contributed by atoms with Gasteiger partial charge in [-0.2, -0.15) is 11.3 Å². The molecule has 186 valence electrons. The van der Waals surface area contributed by atoms with Crippen LogP contribution in [0.1, 0.15) is 30.3 Å². The highest BCUT2D eigenvalue weighted by Crippen LogP contribution is 2.29. The first kappa shape index (κ1) is 25.9. The molecule has 0 saturated heterocycles. The van der Waals surface area contributed by atoms with Crippen molar-refractivity contribution in [3.63, 3.8) is 0 Å². The Kier molecular flexibility index (Phi) is 9.13. The number of nitrogens with two attached hydrogens (primary N) is 1. The van der Waals surface area contributed by atoms with Crippen LogP contribution in [0, 0.1) is 0 Å². The Hall–Kier alpha value is -3.17. The summed E-state index contributed by atoms with van der Waals surface area (Å²) in [5.41, 5.74) is 4.27. The minimum absolute atomic E-state index is 0.212. The smallest absolute Gasteiger partial charge is 0.275 e. The first-order valence-corrected chi connectivity index (χ1v) is 13.9. The van der Waals surface area contributed by atoms with E-state index in [1.807, 2.05) is 12.1 Å². The number of carbonyl (C=O) groups excluding carboxylic acids is 1. The van der Waals surface area contributed by atoms with E-state index >= 15 is 0 Å². The highest BCUT2D eigenvalue weighted by molar-refractivity contribution is 7.13. The number of pyridine rings is 1. The van der Waals surface area contributed by atoms with Crippen molar-refractivity contribution in [3.8, 4) is 21.7 Å². The first-order chi connectivity index (χ1) is 17.5. The van der Waals surface area contributed by atoms with Crippen molar-refractivity contribution in [1.82, 2.24) is 14.9 Å². The van der Waals surface area contributed by atoms with Crippen LogP contribution < -0.4 is 21.1 Å². The van der Waals surface area contributed by atoms with Crippen LogP contribution in [-0.2, 0) is 0 Å². The Morgan fingerprint density at radius 1 is 1.11 bits per heavy atom. The third-order valence-corrected chi connectivity index (χ3v) is 7.24. The Bertz CT molecular complexity index is 1400. The molecule has 1 aromatic carbocycles. The maximum Gasteiger partial charge on any atom is 0.275 e. The third-order valence-electron chi connectivity index (χ3n) is 5.66. The molecule has 36 heavy (non-hydrogen) atoms. The summed E-state index contributed by atoms with van der Waals surface area (Å²) < 4.78 is 0. The summed E-state index contributed by atoms with van der Waals surface area (Å²) in [5.74, 6) is -0.212. The Labute approximate surface area is 220 Å². The van der Waals surface area contributed by atoms with Crippen LogP contribution in [0.4, 0.5) is 5.69 Å². The van der Waals surface area contributed by atoms with Gasteiger partial charge in [0, 0.05) is 46.4 Å². The zero-order chi connectivity index (χ0) is 25.3. The molecule has 0 spiro atoms. The number of thiophene rings is 1. The van der Waals surface area contributed by atoms with Gasteiger partial charge in [-0.25, -0.2) is 4.98 Å². The normalized spacial score (nSPS) is 12.4. The summed E-state index contributed by atoms with van der Waals surface area (Å²) >= 11 is 3.11. The van der Waals surface area contributed by atoms with E-state index in [9.17, 15) is 4.79 Å². The highest BCUT2D eigenvalue weighted by atomic mass is 32.1. The molecule has 0 fully saturated rings. The molecule has 3 aromatic heterocycles. The number of nitrogens with zero attached hydrogens (tertiary/aromatic N) is 3. The van der Waals surface area contributed by atoms with Crippen LogP contribution >= 0.6 is 22.7 Å². The van der Waals surface area contributed by atoms with Gasteiger partial charge in [0.05, 0.1) is 6.54 Å². The molecule has 0 saturated carbocycles. The molecule has 3 heterocycles. The van der Waals surface area contributed by atoms with Gasteiger partial charge in [0.2, 0.25) is 0 Å². The number of benzene rings is 1. The number of anilines is 1. The number of quaternary nitrogens is 1. The minimum Gasteiger partial charge on any atom is -0.320 e. The second-order valence-corrected chi connectivity index (χ2v) is 10.4. The second kappa shape index (κ2) is 12.7. The Balaban J connectivity index is 1.70. The lowest BCUT2D eigenvalue weighted by Crippen LogP contribution is -2.80. The summed E-state index contributed by atoms with van der Waals surface area (Å²) in [6.07, 6.45) is 10.0. The van der Waals surface area contributed by atoms with Crippen LogP contribution in [0.2, 0.25) is 0 Å². The zero-order valence-electron chi connectivity index (χ0n) is 20.9. The fourth-order valence-electron chi connectivity index (χ4n) is 3.75. The quantitative estimate of drug-likeness (QED) is 0.315. The van der Waals surface area contributed by atoms with Gasteiger partial charge < -0.3 is 15.5 Å². The number of hydrogen-bond donors (Lipinski definition) is 2. The maximum absolute atomic E-state index is 13.3. The van der Waals surface area contributed by atoms with Gasteiger partial charge in [0.1, 0.15) is 16.9 Å².